The normalized spacial score (nSPS) is 17.7. The smallest absolute Gasteiger partial charge is 0.243 e. The van der Waals surface area contributed by atoms with Crippen LogP contribution in [0.5, 0.6) is 0 Å². The number of piperazine rings is 1. The summed E-state index contributed by atoms with van der Waals surface area (Å²) in [6, 6.07) is 5.19. The molecule has 1 atom stereocenters. The third kappa shape index (κ3) is 4.56. The number of benzene rings is 1. The first-order chi connectivity index (χ1) is 11.5. The van der Waals surface area contributed by atoms with Crippen LogP contribution < -0.4 is 16.4 Å². The Kier molecular flexibility index (Phi) is 5.50. The SMILES string of the molecule is CC(C)(C)[C@H](N)C(=O)Nc1cccc(S(=O)(=O)N2CCNC(=O)C2)c1. The van der Waals surface area contributed by atoms with Crippen molar-refractivity contribution in [2.75, 3.05) is 25.0 Å². The van der Waals surface area contributed by atoms with Gasteiger partial charge in [0.2, 0.25) is 21.8 Å². The largest absolute Gasteiger partial charge is 0.354 e. The molecule has 8 nitrogen and oxygen atoms in total. The molecule has 1 fully saturated rings. The number of rotatable bonds is 4. The summed E-state index contributed by atoms with van der Waals surface area (Å²) in [6.07, 6.45) is 0. The van der Waals surface area contributed by atoms with Gasteiger partial charge >= 0.3 is 0 Å². The van der Waals surface area contributed by atoms with Crippen molar-refractivity contribution >= 4 is 27.5 Å². The molecule has 0 spiro atoms. The van der Waals surface area contributed by atoms with Crippen LogP contribution in [-0.4, -0.2) is 50.2 Å². The second kappa shape index (κ2) is 7.11. The fourth-order valence-corrected chi connectivity index (χ4v) is 3.76. The molecule has 0 bridgehead atoms. The molecule has 1 aromatic carbocycles. The van der Waals surface area contributed by atoms with Gasteiger partial charge in [0.15, 0.2) is 0 Å². The molecule has 2 amide bonds. The van der Waals surface area contributed by atoms with Crippen molar-refractivity contribution in [3.8, 4) is 0 Å². The van der Waals surface area contributed by atoms with E-state index in [0.717, 1.165) is 4.31 Å². The molecular formula is C16H24N4O4S. The highest BCUT2D eigenvalue weighted by Crippen LogP contribution is 2.22. The number of carbonyl (C=O) groups excluding carboxylic acids is 2. The number of nitrogens with one attached hydrogen (secondary N) is 2. The Morgan fingerprint density at radius 1 is 1.36 bits per heavy atom. The minimum atomic E-state index is -3.81. The van der Waals surface area contributed by atoms with E-state index >= 15 is 0 Å². The molecule has 1 aromatic rings. The maximum atomic E-state index is 12.7. The molecule has 4 N–H and O–H groups in total. The van der Waals surface area contributed by atoms with Crippen LogP contribution in [0.25, 0.3) is 0 Å². The van der Waals surface area contributed by atoms with E-state index in [1.807, 2.05) is 20.8 Å². The summed E-state index contributed by atoms with van der Waals surface area (Å²) in [5.74, 6) is -0.727. The van der Waals surface area contributed by atoms with Crippen molar-refractivity contribution in [2.24, 2.45) is 11.1 Å². The molecular weight excluding hydrogens is 344 g/mol. The minimum Gasteiger partial charge on any atom is -0.354 e. The van der Waals surface area contributed by atoms with Crippen molar-refractivity contribution in [1.29, 1.82) is 0 Å². The highest BCUT2D eigenvalue weighted by atomic mass is 32.2. The number of nitrogens with two attached hydrogens (primary N) is 1. The van der Waals surface area contributed by atoms with Crippen molar-refractivity contribution in [3.05, 3.63) is 24.3 Å². The van der Waals surface area contributed by atoms with Crippen LogP contribution >= 0.6 is 0 Å². The van der Waals surface area contributed by atoms with Gasteiger partial charge in [0.05, 0.1) is 17.5 Å². The van der Waals surface area contributed by atoms with Crippen LogP contribution in [-0.2, 0) is 19.6 Å². The molecule has 1 aliphatic heterocycles. The molecule has 9 heteroatoms. The highest BCUT2D eigenvalue weighted by molar-refractivity contribution is 7.89. The molecule has 0 aromatic heterocycles. The van der Waals surface area contributed by atoms with E-state index in [4.69, 9.17) is 5.73 Å². The zero-order valence-electron chi connectivity index (χ0n) is 14.6. The van der Waals surface area contributed by atoms with Crippen LogP contribution in [0.15, 0.2) is 29.2 Å². The van der Waals surface area contributed by atoms with Crippen molar-refractivity contribution < 1.29 is 18.0 Å². The van der Waals surface area contributed by atoms with Crippen LogP contribution in [0.3, 0.4) is 0 Å². The summed E-state index contributed by atoms with van der Waals surface area (Å²) in [4.78, 5) is 23.7. The average molecular weight is 368 g/mol. The van der Waals surface area contributed by atoms with Crippen molar-refractivity contribution in [3.63, 3.8) is 0 Å². The van der Waals surface area contributed by atoms with Gasteiger partial charge in [0.1, 0.15) is 0 Å². The summed E-state index contributed by atoms with van der Waals surface area (Å²) in [6.45, 7) is 5.81. The lowest BCUT2D eigenvalue weighted by Gasteiger charge is -2.27. The lowest BCUT2D eigenvalue weighted by atomic mass is 9.87. The number of hydrogen-bond acceptors (Lipinski definition) is 5. The molecule has 0 saturated carbocycles. The molecule has 25 heavy (non-hydrogen) atoms. The van der Waals surface area contributed by atoms with Gasteiger partial charge in [-0.2, -0.15) is 4.31 Å². The number of anilines is 1. The van der Waals surface area contributed by atoms with Crippen molar-refractivity contribution in [2.45, 2.75) is 31.7 Å². The van der Waals surface area contributed by atoms with E-state index < -0.39 is 21.5 Å². The van der Waals surface area contributed by atoms with E-state index in [1.54, 1.807) is 6.07 Å². The lowest BCUT2D eigenvalue weighted by Crippen LogP contribution is -2.49. The second-order valence-electron chi connectivity index (χ2n) is 7.05. The third-order valence-corrected chi connectivity index (χ3v) is 5.80. The lowest BCUT2D eigenvalue weighted by molar-refractivity contribution is -0.122. The summed E-state index contributed by atoms with van der Waals surface area (Å²) < 4.78 is 26.5. The fraction of sp³-hybridized carbons (Fsp3) is 0.500. The van der Waals surface area contributed by atoms with Gasteiger partial charge < -0.3 is 16.4 Å². The first-order valence-electron chi connectivity index (χ1n) is 7.95. The number of carbonyl (C=O) groups is 2. The quantitative estimate of drug-likeness (QED) is 0.697. The van der Waals surface area contributed by atoms with Crippen molar-refractivity contribution in [1.82, 2.24) is 9.62 Å². The van der Waals surface area contributed by atoms with Gasteiger partial charge in [-0.25, -0.2) is 8.42 Å². The number of hydrogen-bond donors (Lipinski definition) is 3. The molecule has 0 unspecified atom stereocenters. The Balaban J connectivity index is 2.21. The molecule has 1 saturated heterocycles. The Bertz CT molecular complexity index is 771. The van der Waals surface area contributed by atoms with Gasteiger partial charge in [-0.1, -0.05) is 26.8 Å². The topological polar surface area (TPSA) is 122 Å². The molecule has 1 heterocycles. The molecule has 2 rings (SSSR count). The van der Waals surface area contributed by atoms with Crippen LogP contribution in [0, 0.1) is 5.41 Å². The molecule has 1 aliphatic rings. The van der Waals surface area contributed by atoms with Gasteiger partial charge in [-0.05, 0) is 23.6 Å². The number of sulfonamides is 1. The maximum absolute atomic E-state index is 12.7. The van der Waals surface area contributed by atoms with E-state index in [9.17, 15) is 18.0 Å². The van der Waals surface area contributed by atoms with Gasteiger partial charge in [-0.3, -0.25) is 9.59 Å². The van der Waals surface area contributed by atoms with E-state index in [-0.39, 0.29) is 36.3 Å². The highest BCUT2D eigenvalue weighted by Gasteiger charge is 2.30. The summed E-state index contributed by atoms with van der Waals surface area (Å²) >= 11 is 0. The van der Waals surface area contributed by atoms with Crippen LogP contribution in [0.1, 0.15) is 20.8 Å². The molecule has 0 aliphatic carbocycles. The standard InChI is InChI=1S/C16H24N4O4S/c1-16(2,3)14(17)15(22)19-11-5-4-6-12(9-11)25(23,24)20-8-7-18-13(21)10-20/h4-6,9,14H,7-8,10,17H2,1-3H3,(H,18,21)(H,19,22)/t14-/m1/s1. The fourth-order valence-electron chi connectivity index (χ4n) is 2.32. The van der Waals surface area contributed by atoms with Crippen LogP contribution in [0.2, 0.25) is 0 Å². The monoisotopic (exact) mass is 368 g/mol. The molecule has 138 valence electrons. The minimum absolute atomic E-state index is 0.0179. The van der Waals surface area contributed by atoms with E-state index in [2.05, 4.69) is 10.6 Å². The summed E-state index contributed by atoms with van der Waals surface area (Å²) in [5, 5.41) is 5.23. The predicted octanol–water partition coefficient (Wildman–Crippen LogP) is 0.119. The Morgan fingerprint density at radius 3 is 2.64 bits per heavy atom. The first kappa shape index (κ1) is 19.4. The van der Waals surface area contributed by atoms with Gasteiger partial charge in [0, 0.05) is 18.8 Å². The number of nitrogens with zero attached hydrogens (tertiary/aromatic N) is 1. The van der Waals surface area contributed by atoms with Crippen LogP contribution in [0.4, 0.5) is 5.69 Å². The second-order valence-corrected chi connectivity index (χ2v) is 8.99. The maximum Gasteiger partial charge on any atom is 0.243 e. The zero-order valence-corrected chi connectivity index (χ0v) is 15.4. The summed E-state index contributed by atoms with van der Waals surface area (Å²) in [5.41, 5.74) is 5.83. The zero-order chi connectivity index (χ0) is 18.8. The third-order valence-electron chi connectivity index (χ3n) is 3.96. The van der Waals surface area contributed by atoms with Gasteiger partial charge in [-0.15, -0.1) is 0 Å². The Labute approximate surface area is 147 Å². The molecule has 0 radical (unpaired) electrons. The Morgan fingerprint density at radius 2 is 2.04 bits per heavy atom. The first-order valence-corrected chi connectivity index (χ1v) is 9.39. The van der Waals surface area contributed by atoms with E-state index in [1.165, 1.54) is 18.2 Å². The van der Waals surface area contributed by atoms with E-state index in [0.29, 0.717) is 5.69 Å². The predicted molar refractivity (Wildman–Crippen MR) is 94.3 cm³/mol. The Hall–Kier alpha value is -1.97. The summed E-state index contributed by atoms with van der Waals surface area (Å²) in [7, 11) is -3.81. The number of amides is 2. The average Bonchev–Trinajstić information content (AvgIpc) is 2.53. The van der Waals surface area contributed by atoms with Gasteiger partial charge in [0.25, 0.3) is 0 Å².